The summed E-state index contributed by atoms with van der Waals surface area (Å²) in [5, 5.41) is 20.6. The molecular weight excluding hydrogens is 446 g/mol. The minimum atomic E-state index is -1.05. The third-order valence-corrected chi connectivity index (χ3v) is 5.72. The molecule has 0 saturated heterocycles. The van der Waals surface area contributed by atoms with Crippen molar-refractivity contribution in [1.29, 1.82) is 0 Å². The maximum Gasteiger partial charge on any atom is 0.326 e. The molecule has 0 saturated carbocycles. The number of nitrogens with one attached hydrogen (secondary N) is 5. The first-order valence-corrected chi connectivity index (χ1v) is 11.5. The number of carbonyl (C=O) groups is 2. The zero-order valence-electron chi connectivity index (χ0n) is 19.3. The number of hydrogen-bond donors (Lipinski definition) is 6. The molecule has 6 N–H and O–H groups in total. The fourth-order valence-electron chi connectivity index (χ4n) is 3.95. The molecule has 2 aromatic carbocycles. The minimum absolute atomic E-state index is 0.318. The average Bonchev–Trinajstić information content (AvgIpc) is 3.57. The first-order chi connectivity index (χ1) is 17.1. The van der Waals surface area contributed by atoms with Crippen LogP contribution >= 0.6 is 0 Å². The Morgan fingerprint density at radius 2 is 1.57 bits per heavy atom. The number of fused-ring (bicyclic) bond motifs is 1. The fourth-order valence-corrected chi connectivity index (χ4v) is 3.95. The molecule has 0 aliphatic carbocycles. The Kier molecular flexibility index (Phi) is 8.21. The predicted molar refractivity (Wildman–Crippen MR) is 131 cm³/mol. The number of aromatic nitrogens is 4. The number of rotatable bonds is 13. The summed E-state index contributed by atoms with van der Waals surface area (Å²) in [6.45, 7) is 2.39. The summed E-state index contributed by atoms with van der Waals surface area (Å²) in [5.41, 5.74) is 1.50. The first-order valence-electron chi connectivity index (χ1n) is 11.5. The van der Waals surface area contributed by atoms with Gasteiger partial charge in [0.25, 0.3) is 5.91 Å². The maximum atomic E-state index is 13.1. The van der Waals surface area contributed by atoms with Gasteiger partial charge < -0.3 is 31.0 Å². The standard InChI is InChI=1S/C25H29N7O3/c33-24(32-21(25(34)35)6-3-9-26-15-22-28-10-11-29-22)20-8-7-17(18-4-1-2-5-19(18)20)14-27-16-23-30-12-13-31-23/h1-2,4-5,7-8,10-13,21,26-27H,3,6,9,14-16H2,(H,28,29)(H,30,31)(H,32,33)(H,34,35)/t21-/m0/s1. The lowest BCUT2D eigenvalue weighted by Gasteiger charge is -2.16. The molecule has 1 amide bonds. The lowest BCUT2D eigenvalue weighted by Crippen LogP contribution is -2.41. The number of H-pyrrole nitrogens is 2. The molecule has 0 unspecified atom stereocenters. The van der Waals surface area contributed by atoms with Crippen LogP contribution in [0.2, 0.25) is 0 Å². The third kappa shape index (κ3) is 6.52. The molecular formula is C25H29N7O3. The number of aliphatic carboxylic acids is 1. The molecule has 0 bridgehead atoms. The van der Waals surface area contributed by atoms with E-state index in [0.717, 1.165) is 28.0 Å². The predicted octanol–water partition coefficient (Wildman–Crippen LogP) is 2.33. The third-order valence-electron chi connectivity index (χ3n) is 5.72. The van der Waals surface area contributed by atoms with Crippen molar-refractivity contribution in [2.45, 2.75) is 38.5 Å². The lowest BCUT2D eigenvalue weighted by molar-refractivity contribution is -0.139. The van der Waals surface area contributed by atoms with E-state index in [9.17, 15) is 14.7 Å². The zero-order chi connectivity index (χ0) is 24.5. The normalized spacial score (nSPS) is 12.0. The van der Waals surface area contributed by atoms with Crippen LogP contribution in [0.4, 0.5) is 0 Å². The zero-order valence-corrected chi connectivity index (χ0v) is 19.3. The van der Waals surface area contributed by atoms with Crippen LogP contribution in [-0.4, -0.2) is 49.5 Å². The summed E-state index contributed by atoms with van der Waals surface area (Å²) in [7, 11) is 0. The van der Waals surface area contributed by atoms with E-state index in [0.29, 0.717) is 44.6 Å². The number of imidazole rings is 2. The number of amides is 1. The molecule has 10 nitrogen and oxygen atoms in total. The van der Waals surface area contributed by atoms with Gasteiger partial charge in [-0.25, -0.2) is 14.8 Å². The summed E-state index contributed by atoms with van der Waals surface area (Å²) in [5.74, 6) is 0.223. The monoisotopic (exact) mass is 475 g/mol. The Bertz CT molecular complexity index is 1240. The van der Waals surface area contributed by atoms with E-state index in [-0.39, 0.29) is 0 Å². The molecule has 35 heavy (non-hydrogen) atoms. The van der Waals surface area contributed by atoms with Gasteiger partial charge in [-0.1, -0.05) is 30.3 Å². The molecule has 4 aromatic rings. The number of carboxylic acid groups (broad SMARTS) is 1. The summed E-state index contributed by atoms with van der Waals surface area (Å²) in [6, 6.07) is 10.3. The number of hydrogen-bond acceptors (Lipinski definition) is 6. The molecule has 0 aliphatic rings. The van der Waals surface area contributed by atoms with Gasteiger partial charge in [-0.05, 0) is 41.8 Å². The van der Waals surface area contributed by atoms with Gasteiger partial charge in [0.15, 0.2) is 0 Å². The van der Waals surface area contributed by atoms with Crippen molar-refractivity contribution >= 4 is 22.6 Å². The number of carbonyl (C=O) groups excluding carboxylic acids is 1. The van der Waals surface area contributed by atoms with Gasteiger partial charge in [0, 0.05) is 36.9 Å². The van der Waals surface area contributed by atoms with Crippen LogP contribution in [0, 0.1) is 0 Å². The van der Waals surface area contributed by atoms with Gasteiger partial charge >= 0.3 is 5.97 Å². The highest BCUT2D eigenvalue weighted by Crippen LogP contribution is 2.23. The summed E-state index contributed by atoms with van der Waals surface area (Å²) < 4.78 is 0. The van der Waals surface area contributed by atoms with E-state index >= 15 is 0 Å². The number of carboxylic acids is 1. The number of benzene rings is 2. The van der Waals surface area contributed by atoms with E-state index < -0.39 is 17.9 Å². The van der Waals surface area contributed by atoms with Crippen LogP contribution in [0.25, 0.3) is 10.8 Å². The van der Waals surface area contributed by atoms with Crippen LogP contribution in [0.5, 0.6) is 0 Å². The molecule has 2 aromatic heterocycles. The smallest absolute Gasteiger partial charge is 0.326 e. The quantitative estimate of drug-likeness (QED) is 0.163. The molecule has 0 radical (unpaired) electrons. The van der Waals surface area contributed by atoms with E-state index in [4.69, 9.17) is 0 Å². The second kappa shape index (κ2) is 11.9. The Balaban J connectivity index is 1.36. The van der Waals surface area contributed by atoms with Gasteiger partial charge in [-0.3, -0.25) is 4.79 Å². The van der Waals surface area contributed by atoms with Crippen molar-refractivity contribution in [2.75, 3.05) is 6.54 Å². The van der Waals surface area contributed by atoms with E-state index in [1.165, 1.54) is 0 Å². The lowest BCUT2D eigenvalue weighted by atomic mass is 9.98. The Hall–Kier alpha value is -4.02. The Morgan fingerprint density at radius 3 is 2.23 bits per heavy atom. The molecule has 0 aliphatic heterocycles. The van der Waals surface area contributed by atoms with Crippen molar-refractivity contribution < 1.29 is 14.7 Å². The van der Waals surface area contributed by atoms with Gasteiger partial charge in [-0.15, -0.1) is 0 Å². The molecule has 0 spiro atoms. The average molecular weight is 476 g/mol. The van der Waals surface area contributed by atoms with Crippen molar-refractivity contribution in [3.63, 3.8) is 0 Å². The van der Waals surface area contributed by atoms with E-state index in [2.05, 4.69) is 35.9 Å². The Morgan fingerprint density at radius 1 is 0.886 bits per heavy atom. The second-order valence-electron chi connectivity index (χ2n) is 8.18. The molecule has 182 valence electrons. The van der Waals surface area contributed by atoms with E-state index in [1.807, 2.05) is 30.3 Å². The summed E-state index contributed by atoms with van der Waals surface area (Å²) in [6.07, 6.45) is 7.84. The van der Waals surface area contributed by atoms with Crippen molar-refractivity contribution in [3.05, 3.63) is 84.0 Å². The topological polar surface area (TPSA) is 148 Å². The summed E-state index contributed by atoms with van der Waals surface area (Å²) >= 11 is 0. The number of aromatic amines is 2. The first kappa shape index (κ1) is 24.1. The van der Waals surface area contributed by atoms with Crippen molar-refractivity contribution in [1.82, 2.24) is 35.9 Å². The van der Waals surface area contributed by atoms with Crippen LogP contribution < -0.4 is 16.0 Å². The van der Waals surface area contributed by atoms with Crippen LogP contribution in [0.1, 0.15) is 40.4 Å². The van der Waals surface area contributed by atoms with Gasteiger partial charge in [-0.2, -0.15) is 0 Å². The molecule has 0 fully saturated rings. The van der Waals surface area contributed by atoms with Gasteiger partial charge in [0.1, 0.15) is 17.7 Å². The molecule has 4 rings (SSSR count). The Labute approximate surface area is 202 Å². The fraction of sp³-hybridized carbons (Fsp3) is 0.280. The molecule has 2 heterocycles. The van der Waals surface area contributed by atoms with E-state index in [1.54, 1.807) is 30.9 Å². The van der Waals surface area contributed by atoms with Crippen LogP contribution in [0.15, 0.2) is 61.2 Å². The minimum Gasteiger partial charge on any atom is -0.480 e. The highest BCUT2D eigenvalue weighted by molar-refractivity contribution is 6.08. The van der Waals surface area contributed by atoms with Crippen LogP contribution in [0.3, 0.4) is 0 Å². The van der Waals surface area contributed by atoms with Gasteiger partial charge in [0.05, 0.1) is 13.1 Å². The van der Waals surface area contributed by atoms with Crippen molar-refractivity contribution in [3.8, 4) is 0 Å². The van der Waals surface area contributed by atoms with Gasteiger partial charge in [0.2, 0.25) is 0 Å². The highest BCUT2D eigenvalue weighted by atomic mass is 16.4. The number of nitrogens with zero attached hydrogens (tertiary/aromatic N) is 2. The van der Waals surface area contributed by atoms with Crippen LogP contribution in [-0.2, 0) is 24.4 Å². The largest absolute Gasteiger partial charge is 0.480 e. The highest BCUT2D eigenvalue weighted by Gasteiger charge is 2.21. The second-order valence-corrected chi connectivity index (χ2v) is 8.18. The maximum absolute atomic E-state index is 13.1. The SMILES string of the molecule is O=C(N[C@@H](CCCNCc1ncc[nH]1)C(=O)O)c1ccc(CNCc2ncc[nH]2)c2ccccc12. The molecule has 10 heteroatoms. The van der Waals surface area contributed by atoms with Crippen molar-refractivity contribution in [2.24, 2.45) is 0 Å². The summed E-state index contributed by atoms with van der Waals surface area (Å²) in [4.78, 5) is 39.2. The molecule has 1 atom stereocenters.